The molecular weight excluding hydrogens is 428 g/mol. The molecule has 1 amide bonds. The third kappa shape index (κ3) is 3.86. The van der Waals surface area contributed by atoms with Crippen LogP contribution in [0.2, 0.25) is 0 Å². The van der Waals surface area contributed by atoms with Crippen molar-refractivity contribution in [3.63, 3.8) is 0 Å². The molecule has 0 fully saturated rings. The zero-order valence-corrected chi connectivity index (χ0v) is 18.6. The van der Waals surface area contributed by atoms with Gasteiger partial charge in [0.15, 0.2) is 5.78 Å². The lowest BCUT2D eigenvalue weighted by Crippen LogP contribution is -2.27. The van der Waals surface area contributed by atoms with Gasteiger partial charge in [-0.15, -0.1) is 0 Å². The number of benzene rings is 2. The molecule has 4 N–H and O–H groups in total. The molecule has 1 heterocycles. The van der Waals surface area contributed by atoms with E-state index in [1.165, 1.54) is 12.1 Å². The van der Waals surface area contributed by atoms with E-state index < -0.39 is 15.9 Å². The number of carbonyl (C=O) groups excluding carboxylic acids is 2. The van der Waals surface area contributed by atoms with Gasteiger partial charge in [-0.3, -0.25) is 9.59 Å². The Morgan fingerprint density at radius 3 is 2.28 bits per heavy atom. The van der Waals surface area contributed by atoms with E-state index in [1.807, 2.05) is 19.0 Å². The predicted octanol–water partition coefficient (Wildman–Crippen LogP) is 1.32. The Balaban J connectivity index is 1.65. The molecule has 9 heteroatoms. The van der Waals surface area contributed by atoms with Crippen LogP contribution in [0, 0.1) is 0 Å². The molecule has 0 bridgehead atoms. The molecule has 0 spiro atoms. The van der Waals surface area contributed by atoms with Crippen LogP contribution >= 0.6 is 0 Å². The number of sulfonamides is 1. The largest absolute Gasteiger partial charge is 0.398 e. The highest BCUT2D eigenvalue weighted by Crippen LogP contribution is 2.39. The van der Waals surface area contributed by atoms with Gasteiger partial charge >= 0.3 is 0 Å². The first-order chi connectivity index (χ1) is 15.2. The van der Waals surface area contributed by atoms with E-state index in [4.69, 9.17) is 5.73 Å². The molecular formula is C23H24N4O4S. The number of carbonyl (C=O) groups is 2. The van der Waals surface area contributed by atoms with Crippen molar-refractivity contribution in [1.82, 2.24) is 14.9 Å². The van der Waals surface area contributed by atoms with Gasteiger partial charge in [-0.1, -0.05) is 36.4 Å². The van der Waals surface area contributed by atoms with Gasteiger partial charge in [0.25, 0.3) is 5.91 Å². The number of rotatable bonds is 7. The van der Waals surface area contributed by atoms with Gasteiger partial charge in [0.1, 0.15) is 0 Å². The fraction of sp³-hybridized carbons (Fsp3) is 0.217. The molecule has 2 aromatic carbocycles. The van der Waals surface area contributed by atoms with E-state index in [0.717, 1.165) is 6.54 Å². The number of fused-ring (bicyclic) bond motifs is 2. The molecule has 8 nitrogen and oxygen atoms in total. The second kappa shape index (κ2) is 8.34. The van der Waals surface area contributed by atoms with E-state index in [2.05, 4.69) is 10.0 Å². The van der Waals surface area contributed by atoms with Crippen molar-refractivity contribution in [1.29, 1.82) is 0 Å². The highest BCUT2D eigenvalue weighted by Gasteiger charge is 2.39. The standard InChI is InChI=1S/C23H24N4O4S/c1-27(2)13-5-12-25-32(30,31)15-10-8-14(9-11-15)21-19-18(23(29)26-21)20(24)16-6-3-4-7-17(16)22(19)28/h3-4,6-11,25H,5,12-13,24H2,1-2H3,(H,26,29). The monoisotopic (exact) mass is 452 g/mol. The Kier molecular flexibility index (Phi) is 5.72. The van der Waals surface area contributed by atoms with Gasteiger partial charge in [0, 0.05) is 17.7 Å². The Hall–Kier alpha value is -3.27. The predicted molar refractivity (Wildman–Crippen MR) is 122 cm³/mol. The second-order valence-electron chi connectivity index (χ2n) is 7.95. The number of ketones is 1. The molecule has 32 heavy (non-hydrogen) atoms. The SMILES string of the molecule is CN(C)CCCNS(=O)(=O)c1ccc(C2=C3C(=O)c4ccccc4C(N)=C3C(=O)N2)cc1. The van der Waals surface area contributed by atoms with E-state index in [-0.39, 0.29) is 27.5 Å². The van der Waals surface area contributed by atoms with Crippen LogP contribution in [0.3, 0.4) is 0 Å². The minimum atomic E-state index is -3.66. The van der Waals surface area contributed by atoms with Crippen LogP contribution in [0.5, 0.6) is 0 Å². The molecule has 2 aromatic rings. The summed E-state index contributed by atoms with van der Waals surface area (Å²) < 4.78 is 27.7. The lowest BCUT2D eigenvalue weighted by atomic mass is 9.84. The van der Waals surface area contributed by atoms with Crippen molar-refractivity contribution >= 4 is 33.1 Å². The van der Waals surface area contributed by atoms with E-state index in [9.17, 15) is 18.0 Å². The Morgan fingerprint density at radius 2 is 1.62 bits per heavy atom. The summed E-state index contributed by atoms with van der Waals surface area (Å²) in [6.07, 6.45) is 0.687. The van der Waals surface area contributed by atoms with Gasteiger partial charge in [0.2, 0.25) is 10.0 Å². The van der Waals surface area contributed by atoms with Crippen LogP contribution in [-0.4, -0.2) is 52.2 Å². The number of amides is 1. The number of nitrogens with one attached hydrogen (secondary N) is 2. The highest BCUT2D eigenvalue weighted by atomic mass is 32.2. The first-order valence-electron chi connectivity index (χ1n) is 10.2. The highest BCUT2D eigenvalue weighted by molar-refractivity contribution is 7.89. The van der Waals surface area contributed by atoms with Crippen molar-refractivity contribution in [2.75, 3.05) is 27.2 Å². The number of hydrogen-bond acceptors (Lipinski definition) is 6. The van der Waals surface area contributed by atoms with Crippen molar-refractivity contribution in [3.8, 4) is 0 Å². The molecule has 166 valence electrons. The summed E-state index contributed by atoms with van der Waals surface area (Å²) in [6.45, 7) is 1.10. The first kappa shape index (κ1) is 21.9. The molecule has 0 aromatic heterocycles. The van der Waals surface area contributed by atoms with Gasteiger partial charge in [-0.25, -0.2) is 13.1 Å². The van der Waals surface area contributed by atoms with E-state index in [1.54, 1.807) is 36.4 Å². The molecule has 2 aliphatic rings. The van der Waals surface area contributed by atoms with E-state index in [0.29, 0.717) is 35.4 Å². The fourth-order valence-electron chi connectivity index (χ4n) is 3.85. The minimum Gasteiger partial charge on any atom is -0.398 e. The number of nitrogens with zero attached hydrogens (tertiary/aromatic N) is 1. The zero-order valence-electron chi connectivity index (χ0n) is 17.8. The summed E-state index contributed by atoms with van der Waals surface area (Å²) in [4.78, 5) is 27.9. The Bertz CT molecular complexity index is 1280. The Labute approximate surface area is 186 Å². The van der Waals surface area contributed by atoms with Crippen molar-refractivity contribution < 1.29 is 18.0 Å². The molecule has 0 radical (unpaired) electrons. The molecule has 1 aliphatic heterocycles. The summed E-state index contributed by atoms with van der Waals surface area (Å²) in [6, 6.07) is 12.9. The van der Waals surface area contributed by atoms with Crippen molar-refractivity contribution in [2.24, 2.45) is 5.73 Å². The topological polar surface area (TPSA) is 122 Å². The number of Topliss-reactive ketones (excluding diaryl/α,β-unsaturated/α-hetero) is 1. The average molecular weight is 453 g/mol. The fourth-order valence-corrected chi connectivity index (χ4v) is 4.92. The van der Waals surface area contributed by atoms with Crippen LogP contribution in [-0.2, 0) is 14.8 Å². The third-order valence-electron chi connectivity index (χ3n) is 5.45. The van der Waals surface area contributed by atoms with Crippen molar-refractivity contribution in [3.05, 3.63) is 76.4 Å². The molecule has 1 aliphatic carbocycles. The second-order valence-corrected chi connectivity index (χ2v) is 9.71. The van der Waals surface area contributed by atoms with Crippen LogP contribution < -0.4 is 15.8 Å². The van der Waals surface area contributed by atoms with Crippen LogP contribution in [0.1, 0.15) is 27.9 Å². The maximum Gasteiger partial charge on any atom is 0.258 e. The third-order valence-corrected chi connectivity index (χ3v) is 6.93. The summed E-state index contributed by atoms with van der Waals surface area (Å²) in [5.74, 6) is -0.744. The smallest absolute Gasteiger partial charge is 0.258 e. The average Bonchev–Trinajstić information content (AvgIpc) is 3.12. The maximum atomic E-state index is 13.1. The summed E-state index contributed by atoms with van der Waals surface area (Å²) in [5.41, 5.74) is 8.66. The molecule has 0 saturated carbocycles. The number of nitrogens with two attached hydrogens (primary N) is 1. The zero-order chi connectivity index (χ0) is 23.0. The molecule has 0 saturated heterocycles. The quantitative estimate of drug-likeness (QED) is 0.545. The maximum absolute atomic E-state index is 13.1. The number of hydrogen-bond donors (Lipinski definition) is 3. The van der Waals surface area contributed by atoms with Crippen molar-refractivity contribution in [2.45, 2.75) is 11.3 Å². The summed E-state index contributed by atoms with van der Waals surface area (Å²) in [5, 5.41) is 2.73. The van der Waals surface area contributed by atoms with Gasteiger partial charge in [0.05, 0.1) is 27.4 Å². The van der Waals surface area contributed by atoms with E-state index >= 15 is 0 Å². The lowest BCUT2D eigenvalue weighted by molar-refractivity contribution is -0.115. The lowest BCUT2D eigenvalue weighted by Gasteiger charge is -2.18. The first-order valence-corrected chi connectivity index (χ1v) is 11.6. The van der Waals surface area contributed by atoms with Gasteiger partial charge < -0.3 is 16.0 Å². The van der Waals surface area contributed by atoms with Gasteiger partial charge in [-0.2, -0.15) is 0 Å². The van der Waals surface area contributed by atoms with Crippen LogP contribution in [0.15, 0.2) is 64.6 Å². The van der Waals surface area contributed by atoms with Crippen LogP contribution in [0.4, 0.5) is 0 Å². The van der Waals surface area contributed by atoms with Gasteiger partial charge in [-0.05, 0) is 44.8 Å². The summed E-state index contributed by atoms with van der Waals surface area (Å²) in [7, 11) is 0.190. The Morgan fingerprint density at radius 1 is 0.969 bits per heavy atom. The molecule has 4 rings (SSSR count). The van der Waals surface area contributed by atoms with Crippen LogP contribution in [0.25, 0.3) is 11.4 Å². The molecule has 0 atom stereocenters. The summed E-state index contributed by atoms with van der Waals surface area (Å²) >= 11 is 0. The normalized spacial score (nSPS) is 15.8. The minimum absolute atomic E-state index is 0.108. The molecule has 0 unspecified atom stereocenters.